The van der Waals surface area contributed by atoms with E-state index in [4.69, 9.17) is 4.74 Å². The number of nitrogens with one attached hydrogen (secondary N) is 2. The predicted molar refractivity (Wildman–Crippen MR) is 124 cm³/mol. The van der Waals surface area contributed by atoms with Crippen molar-refractivity contribution in [2.24, 2.45) is 0 Å². The van der Waals surface area contributed by atoms with Gasteiger partial charge in [-0.25, -0.2) is 0 Å². The van der Waals surface area contributed by atoms with E-state index in [1.54, 1.807) is 30.3 Å². The van der Waals surface area contributed by atoms with Crippen molar-refractivity contribution in [3.63, 3.8) is 0 Å². The van der Waals surface area contributed by atoms with Crippen LogP contribution in [0.2, 0.25) is 0 Å². The standard InChI is InChI=1S/C26H29N3O3/c1-19(21-8-4-2-5-9-21)28-25(30)18-32-24-14-12-20(13-15-24)16-22(17-27)26(31)29-23-10-6-3-7-11-23/h2,4-5,8-9,12-16,19,23H,3,6-7,10-11,18H2,1H3,(H,28,30)(H,29,31)/b22-16+/t19-/m1/s1. The lowest BCUT2D eigenvalue weighted by molar-refractivity contribution is -0.123. The molecule has 3 rings (SSSR count). The molecule has 1 fully saturated rings. The number of benzene rings is 2. The molecule has 32 heavy (non-hydrogen) atoms. The number of amides is 2. The van der Waals surface area contributed by atoms with Crippen molar-refractivity contribution in [3.05, 3.63) is 71.3 Å². The normalized spacial score (nSPS) is 15.3. The number of carbonyl (C=O) groups is 2. The lowest BCUT2D eigenvalue weighted by Gasteiger charge is -2.22. The van der Waals surface area contributed by atoms with Crippen LogP contribution in [0.3, 0.4) is 0 Å². The van der Waals surface area contributed by atoms with Crippen LogP contribution in [0, 0.1) is 11.3 Å². The second-order valence-electron chi connectivity index (χ2n) is 8.04. The van der Waals surface area contributed by atoms with Crippen LogP contribution < -0.4 is 15.4 Å². The van der Waals surface area contributed by atoms with Crippen LogP contribution in [0.4, 0.5) is 0 Å². The summed E-state index contributed by atoms with van der Waals surface area (Å²) in [5, 5.41) is 15.3. The average Bonchev–Trinajstić information content (AvgIpc) is 2.83. The lowest BCUT2D eigenvalue weighted by Crippen LogP contribution is -2.36. The smallest absolute Gasteiger partial charge is 0.262 e. The van der Waals surface area contributed by atoms with E-state index >= 15 is 0 Å². The number of nitrogens with zero attached hydrogens (tertiary/aromatic N) is 1. The van der Waals surface area contributed by atoms with Gasteiger partial charge < -0.3 is 15.4 Å². The van der Waals surface area contributed by atoms with E-state index in [1.807, 2.05) is 43.3 Å². The Balaban J connectivity index is 1.50. The first-order chi connectivity index (χ1) is 15.5. The lowest BCUT2D eigenvalue weighted by atomic mass is 9.95. The van der Waals surface area contributed by atoms with E-state index < -0.39 is 0 Å². The molecule has 0 aliphatic heterocycles. The molecule has 1 aliphatic carbocycles. The zero-order valence-electron chi connectivity index (χ0n) is 18.3. The van der Waals surface area contributed by atoms with Gasteiger partial charge in [0.25, 0.3) is 11.8 Å². The van der Waals surface area contributed by atoms with Gasteiger partial charge in [0.1, 0.15) is 17.4 Å². The van der Waals surface area contributed by atoms with Crippen LogP contribution in [-0.4, -0.2) is 24.5 Å². The maximum atomic E-state index is 12.4. The molecule has 0 aromatic heterocycles. The molecule has 2 amide bonds. The van der Waals surface area contributed by atoms with E-state index in [9.17, 15) is 14.9 Å². The largest absolute Gasteiger partial charge is 0.484 e. The van der Waals surface area contributed by atoms with E-state index in [0.717, 1.165) is 36.8 Å². The van der Waals surface area contributed by atoms with Crippen LogP contribution in [0.5, 0.6) is 5.75 Å². The Morgan fingerprint density at radius 1 is 1.09 bits per heavy atom. The van der Waals surface area contributed by atoms with Gasteiger partial charge in [0.05, 0.1) is 6.04 Å². The molecule has 0 heterocycles. The number of hydrogen-bond acceptors (Lipinski definition) is 4. The molecule has 1 atom stereocenters. The summed E-state index contributed by atoms with van der Waals surface area (Å²) in [5.74, 6) is -0.00441. The Morgan fingerprint density at radius 3 is 2.44 bits per heavy atom. The summed E-state index contributed by atoms with van der Waals surface area (Å²) in [7, 11) is 0. The summed E-state index contributed by atoms with van der Waals surface area (Å²) >= 11 is 0. The second-order valence-corrected chi connectivity index (χ2v) is 8.04. The Bertz CT molecular complexity index is 972. The number of hydrogen-bond donors (Lipinski definition) is 2. The minimum Gasteiger partial charge on any atom is -0.484 e. The third-order valence-corrected chi connectivity index (χ3v) is 5.54. The Kier molecular flexibility index (Phi) is 8.44. The van der Waals surface area contributed by atoms with Gasteiger partial charge in [-0.3, -0.25) is 9.59 Å². The van der Waals surface area contributed by atoms with Crippen LogP contribution in [-0.2, 0) is 9.59 Å². The molecule has 0 radical (unpaired) electrons. The fourth-order valence-electron chi connectivity index (χ4n) is 3.74. The van der Waals surface area contributed by atoms with Gasteiger partial charge in [-0.1, -0.05) is 61.7 Å². The van der Waals surface area contributed by atoms with Crippen molar-refractivity contribution in [3.8, 4) is 11.8 Å². The van der Waals surface area contributed by atoms with Crippen molar-refractivity contribution in [2.45, 2.75) is 51.1 Å². The molecule has 0 unspecified atom stereocenters. The monoisotopic (exact) mass is 431 g/mol. The van der Waals surface area contributed by atoms with E-state index in [2.05, 4.69) is 10.6 Å². The molecular formula is C26H29N3O3. The summed E-state index contributed by atoms with van der Waals surface area (Å²) in [6.45, 7) is 1.82. The number of carbonyl (C=O) groups excluding carboxylic acids is 2. The van der Waals surface area contributed by atoms with Gasteiger partial charge in [0.2, 0.25) is 0 Å². The summed E-state index contributed by atoms with van der Waals surface area (Å²) in [6, 6.07) is 18.7. The molecular weight excluding hydrogens is 402 g/mol. The molecule has 2 aromatic rings. The first-order valence-electron chi connectivity index (χ1n) is 11.0. The zero-order chi connectivity index (χ0) is 22.8. The molecule has 2 aromatic carbocycles. The summed E-state index contributed by atoms with van der Waals surface area (Å²) in [6.07, 6.45) is 6.93. The van der Waals surface area contributed by atoms with E-state index in [-0.39, 0.29) is 36.1 Å². The highest BCUT2D eigenvalue weighted by Gasteiger charge is 2.18. The highest BCUT2D eigenvalue weighted by Crippen LogP contribution is 2.19. The third-order valence-electron chi connectivity index (χ3n) is 5.54. The Labute approximate surface area is 189 Å². The summed E-state index contributed by atoms with van der Waals surface area (Å²) in [4.78, 5) is 24.6. The third kappa shape index (κ3) is 6.98. The maximum absolute atomic E-state index is 12.4. The van der Waals surface area contributed by atoms with Crippen molar-refractivity contribution in [1.29, 1.82) is 5.26 Å². The van der Waals surface area contributed by atoms with Crippen LogP contribution in [0.15, 0.2) is 60.2 Å². The molecule has 166 valence electrons. The first kappa shape index (κ1) is 23.1. The van der Waals surface area contributed by atoms with Crippen LogP contribution in [0.1, 0.15) is 56.2 Å². The van der Waals surface area contributed by atoms with Crippen molar-refractivity contribution < 1.29 is 14.3 Å². The first-order valence-corrected chi connectivity index (χ1v) is 11.0. The van der Waals surface area contributed by atoms with Crippen LogP contribution >= 0.6 is 0 Å². The van der Waals surface area contributed by atoms with Gasteiger partial charge in [-0.2, -0.15) is 5.26 Å². The second kappa shape index (κ2) is 11.7. The zero-order valence-corrected chi connectivity index (χ0v) is 18.3. The molecule has 2 N–H and O–H groups in total. The summed E-state index contributed by atoms with van der Waals surface area (Å²) < 4.78 is 5.56. The molecule has 1 saturated carbocycles. The van der Waals surface area contributed by atoms with Crippen molar-refractivity contribution >= 4 is 17.9 Å². The highest BCUT2D eigenvalue weighted by molar-refractivity contribution is 6.01. The Hall–Kier alpha value is -3.59. The van der Waals surface area contributed by atoms with Gasteiger partial charge in [0, 0.05) is 6.04 Å². The van der Waals surface area contributed by atoms with Crippen molar-refractivity contribution in [1.82, 2.24) is 10.6 Å². The topological polar surface area (TPSA) is 91.2 Å². The van der Waals surface area contributed by atoms with Crippen LogP contribution in [0.25, 0.3) is 6.08 Å². The number of rotatable bonds is 8. The number of nitriles is 1. The average molecular weight is 432 g/mol. The quantitative estimate of drug-likeness (QED) is 0.482. The van der Waals surface area contributed by atoms with E-state index in [0.29, 0.717) is 5.75 Å². The molecule has 0 spiro atoms. The van der Waals surface area contributed by atoms with Gasteiger partial charge >= 0.3 is 0 Å². The fraction of sp³-hybridized carbons (Fsp3) is 0.346. The molecule has 0 bridgehead atoms. The fourth-order valence-corrected chi connectivity index (χ4v) is 3.74. The molecule has 6 heteroatoms. The summed E-state index contributed by atoms with van der Waals surface area (Å²) in [5.41, 5.74) is 1.83. The minimum absolute atomic E-state index is 0.0820. The molecule has 1 aliphatic rings. The van der Waals surface area contributed by atoms with Gasteiger partial charge in [-0.05, 0) is 49.1 Å². The van der Waals surface area contributed by atoms with Gasteiger partial charge in [-0.15, -0.1) is 0 Å². The van der Waals surface area contributed by atoms with E-state index in [1.165, 1.54) is 6.42 Å². The van der Waals surface area contributed by atoms with Crippen molar-refractivity contribution in [2.75, 3.05) is 6.61 Å². The molecule has 0 saturated heterocycles. The van der Waals surface area contributed by atoms with Gasteiger partial charge in [0.15, 0.2) is 6.61 Å². The number of ether oxygens (including phenoxy) is 1. The highest BCUT2D eigenvalue weighted by atomic mass is 16.5. The minimum atomic E-state index is -0.330. The Morgan fingerprint density at radius 2 is 1.78 bits per heavy atom. The molecule has 6 nitrogen and oxygen atoms in total. The maximum Gasteiger partial charge on any atom is 0.262 e. The predicted octanol–water partition coefficient (Wildman–Crippen LogP) is 4.30. The SMILES string of the molecule is C[C@@H](NC(=O)COc1ccc(/C=C(\C#N)C(=O)NC2CCCCC2)cc1)c1ccccc1.